The Morgan fingerprint density at radius 3 is 2.38 bits per heavy atom. The van der Waals surface area contributed by atoms with Gasteiger partial charge in [-0.1, -0.05) is 6.92 Å². The average Bonchev–Trinajstić information content (AvgIpc) is 2.16. The third-order valence-corrected chi connectivity index (χ3v) is 1.75. The van der Waals surface area contributed by atoms with Crippen LogP contribution in [0, 0.1) is 0 Å². The number of hydrogen-bond acceptors (Lipinski definition) is 2. The van der Waals surface area contributed by atoms with Gasteiger partial charge in [0.15, 0.2) is 0 Å². The lowest BCUT2D eigenvalue weighted by molar-refractivity contribution is -0.121. The molecule has 0 bridgehead atoms. The summed E-state index contributed by atoms with van der Waals surface area (Å²) < 4.78 is 0. The SMILES string of the molecule is CCC(=O)NCCCCC(=O)NC. The zero-order valence-corrected chi connectivity index (χ0v) is 8.35. The molecule has 0 aromatic heterocycles. The Balaban J connectivity index is 3.17. The Kier molecular flexibility index (Phi) is 6.96. The lowest BCUT2D eigenvalue weighted by Crippen LogP contribution is -2.23. The first kappa shape index (κ1) is 11.9. The van der Waals surface area contributed by atoms with Crippen LogP contribution >= 0.6 is 0 Å². The maximum Gasteiger partial charge on any atom is 0.219 e. The summed E-state index contributed by atoms with van der Waals surface area (Å²) >= 11 is 0. The molecule has 0 aliphatic heterocycles. The molecule has 0 aromatic rings. The van der Waals surface area contributed by atoms with E-state index in [4.69, 9.17) is 0 Å². The molecule has 0 aromatic carbocycles. The van der Waals surface area contributed by atoms with Crippen molar-refractivity contribution in [1.82, 2.24) is 10.6 Å². The highest BCUT2D eigenvalue weighted by Crippen LogP contribution is 1.93. The number of carbonyl (C=O) groups is 2. The van der Waals surface area contributed by atoms with E-state index in [0.29, 0.717) is 19.4 Å². The number of nitrogens with one attached hydrogen (secondary N) is 2. The summed E-state index contributed by atoms with van der Waals surface area (Å²) in [5, 5.41) is 5.30. The van der Waals surface area contributed by atoms with Crippen LogP contribution in [-0.4, -0.2) is 25.4 Å². The minimum absolute atomic E-state index is 0.0572. The molecule has 4 nitrogen and oxygen atoms in total. The molecule has 13 heavy (non-hydrogen) atoms. The molecule has 0 heterocycles. The quantitative estimate of drug-likeness (QED) is 0.591. The van der Waals surface area contributed by atoms with Crippen LogP contribution in [0.5, 0.6) is 0 Å². The van der Waals surface area contributed by atoms with Gasteiger partial charge in [0.25, 0.3) is 0 Å². The zero-order valence-electron chi connectivity index (χ0n) is 8.35. The molecule has 0 unspecified atom stereocenters. The highest BCUT2D eigenvalue weighted by atomic mass is 16.2. The van der Waals surface area contributed by atoms with Crippen molar-refractivity contribution in [2.45, 2.75) is 32.6 Å². The number of amides is 2. The average molecular weight is 186 g/mol. The van der Waals surface area contributed by atoms with E-state index in [2.05, 4.69) is 10.6 Å². The number of carbonyl (C=O) groups excluding carboxylic acids is 2. The number of hydrogen-bond donors (Lipinski definition) is 2. The second-order valence-corrected chi connectivity index (χ2v) is 2.83. The van der Waals surface area contributed by atoms with Crippen molar-refractivity contribution in [2.24, 2.45) is 0 Å². The maximum absolute atomic E-state index is 10.8. The largest absolute Gasteiger partial charge is 0.359 e. The zero-order chi connectivity index (χ0) is 10.1. The number of rotatable bonds is 6. The Hall–Kier alpha value is -1.06. The second-order valence-electron chi connectivity index (χ2n) is 2.83. The summed E-state index contributed by atoms with van der Waals surface area (Å²) in [7, 11) is 1.63. The smallest absolute Gasteiger partial charge is 0.219 e. The summed E-state index contributed by atoms with van der Waals surface area (Å²) in [5.74, 6) is 0.127. The van der Waals surface area contributed by atoms with E-state index >= 15 is 0 Å². The molecule has 0 saturated heterocycles. The monoisotopic (exact) mass is 186 g/mol. The minimum atomic E-state index is 0.0572. The molecule has 0 atom stereocenters. The normalized spacial score (nSPS) is 9.38. The van der Waals surface area contributed by atoms with Gasteiger partial charge >= 0.3 is 0 Å². The van der Waals surface area contributed by atoms with Gasteiger partial charge in [0.05, 0.1) is 0 Å². The van der Waals surface area contributed by atoms with Crippen LogP contribution in [0.15, 0.2) is 0 Å². The predicted octanol–water partition coefficient (Wildman–Crippen LogP) is 0.429. The fourth-order valence-corrected chi connectivity index (χ4v) is 0.888. The Morgan fingerprint density at radius 1 is 1.15 bits per heavy atom. The molecule has 0 saturated carbocycles. The standard InChI is InChI=1S/C9H18N2O2/c1-3-8(12)11-7-5-4-6-9(13)10-2/h3-7H2,1-2H3,(H,10,13)(H,11,12). The van der Waals surface area contributed by atoms with Gasteiger partial charge < -0.3 is 10.6 Å². The van der Waals surface area contributed by atoms with Crippen LogP contribution in [0.25, 0.3) is 0 Å². The Morgan fingerprint density at radius 2 is 1.85 bits per heavy atom. The molecule has 76 valence electrons. The molecule has 0 rings (SSSR count). The van der Waals surface area contributed by atoms with Crippen LogP contribution in [0.2, 0.25) is 0 Å². The van der Waals surface area contributed by atoms with E-state index in [1.807, 2.05) is 6.92 Å². The summed E-state index contributed by atoms with van der Waals surface area (Å²) in [5.41, 5.74) is 0. The number of unbranched alkanes of at least 4 members (excludes halogenated alkanes) is 1. The molecular weight excluding hydrogens is 168 g/mol. The van der Waals surface area contributed by atoms with E-state index in [1.165, 1.54) is 0 Å². The topological polar surface area (TPSA) is 58.2 Å². The molecule has 0 radical (unpaired) electrons. The summed E-state index contributed by atoms with van der Waals surface area (Å²) in [6.45, 7) is 2.49. The third-order valence-electron chi connectivity index (χ3n) is 1.75. The lowest BCUT2D eigenvalue weighted by Gasteiger charge is -2.02. The van der Waals surface area contributed by atoms with Crippen molar-refractivity contribution in [3.05, 3.63) is 0 Å². The van der Waals surface area contributed by atoms with Gasteiger partial charge in [-0.3, -0.25) is 9.59 Å². The van der Waals surface area contributed by atoms with E-state index in [0.717, 1.165) is 12.8 Å². The second kappa shape index (κ2) is 7.58. The summed E-state index contributed by atoms with van der Waals surface area (Å²) in [6.07, 6.45) is 2.75. The van der Waals surface area contributed by atoms with Crippen LogP contribution in [0.4, 0.5) is 0 Å². The van der Waals surface area contributed by atoms with Gasteiger partial charge in [-0.25, -0.2) is 0 Å². The molecule has 0 spiro atoms. The van der Waals surface area contributed by atoms with E-state index < -0.39 is 0 Å². The maximum atomic E-state index is 10.8. The van der Waals surface area contributed by atoms with E-state index in [-0.39, 0.29) is 11.8 Å². The van der Waals surface area contributed by atoms with Crippen LogP contribution < -0.4 is 10.6 Å². The van der Waals surface area contributed by atoms with Gasteiger partial charge in [0, 0.05) is 26.4 Å². The molecule has 2 N–H and O–H groups in total. The van der Waals surface area contributed by atoms with Crippen LogP contribution in [0.1, 0.15) is 32.6 Å². The Labute approximate surface area is 79.1 Å². The first-order valence-electron chi connectivity index (χ1n) is 4.68. The summed E-state index contributed by atoms with van der Waals surface area (Å²) in [6, 6.07) is 0. The minimum Gasteiger partial charge on any atom is -0.359 e. The fraction of sp³-hybridized carbons (Fsp3) is 0.778. The first-order chi connectivity index (χ1) is 6.20. The molecule has 0 aliphatic carbocycles. The van der Waals surface area contributed by atoms with E-state index in [1.54, 1.807) is 7.05 Å². The first-order valence-corrected chi connectivity index (χ1v) is 4.68. The highest BCUT2D eigenvalue weighted by Gasteiger charge is 1.98. The molecule has 4 heteroatoms. The fourth-order valence-electron chi connectivity index (χ4n) is 0.888. The van der Waals surface area contributed by atoms with Crippen molar-refractivity contribution in [3.8, 4) is 0 Å². The van der Waals surface area contributed by atoms with Crippen molar-refractivity contribution < 1.29 is 9.59 Å². The van der Waals surface area contributed by atoms with Gasteiger partial charge in [0.1, 0.15) is 0 Å². The lowest BCUT2D eigenvalue weighted by atomic mass is 10.2. The Bertz CT molecular complexity index is 151. The van der Waals surface area contributed by atoms with Gasteiger partial charge in [-0.05, 0) is 12.8 Å². The van der Waals surface area contributed by atoms with Crippen molar-refractivity contribution in [2.75, 3.05) is 13.6 Å². The van der Waals surface area contributed by atoms with Crippen molar-refractivity contribution >= 4 is 11.8 Å². The molecule has 2 amide bonds. The highest BCUT2D eigenvalue weighted by molar-refractivity contribution is 5.76. The van der Waals surface area contributed by atoms with Gasteiger partial charge in [-0.2, -0.15) is 0 Å². The third kappa shape index (κ3) is 7.31. The molecular formula is C9H18N2O2. The van der Waals surface area contributed by atoms with Crippen molar-refractivity contribution in [1.29, 1.82) is 0 Å². The van der Waals surface area contributed by atoms with Crippen LogP contribution in [0.3, 0.4) is 0 Å². The van der Waals surface area contributed by atoms with E-state index in [9.17, 15) is 9.59 Å². The molecule has 0 aliphatic rings. The molecule has 0 fully saturated rings. The van der Waals surface area contributed by atoms with Crippen LogP contribution in [-0.2, 0) is 9.59 Å². The van der Waals surface area contributed by atoms with Crippen molar-refractivity contribution in [3.63, 3.8) is 0 Å². The summed E-state index contributed by atoms with van der Waals surface area (Å²) in [4.78, 5) is 21.5. The van der Waals surface area contributed by atoms with Gasteiger partial charge in [0.2, 0.25) is 11.8 Å². The predicted molar refractivity (Wildman–Crippen MR) is 51.2 cm³/mol. The van der Waals surface area contributed by atoms with Gasteiger partial charge in [-0.15, -0.1) is 0 Å².